The fourth-order valence-electron chi connectivity index (χ4n) is 2.54. The maximum absolute atomic E-state index is 12.1. The highest BCUT2D eigenvalue weighted by molar-refractivity contribution is 5.86. The molecule has 1 atom stereocenters. The molecule has 1 saturated heterocycles. The molecule has 2 rings (SSSR count). The molecule has 1 amide bonds. The lowest BCUT2D eigenvalue weighted by Crippen LogP contribution is -2.38. The van der Waals surface area contributed by atoms with Gasteiger partial charge in [0.05, 0.1) is 6.07 Å². The Morgan fingerprint density at radius 2 is 2.05 bits per heavy atom. The molecule has 0 spiro atoms. The fraction of sp³-hybridized carbons (Fsp3) is 0.500. The monoisotopic (exact) mass is 271 g/mol. The smallest absolute Gasteiger partial charge is 0.241 e. The number of benzene rings is 1. The number of hydrogen-bond donors (Lipinski definition) is 1. The first-order valence-corrected chi connectivity index (χ1v) is 7.11. The third kappa shape index (κ3) is 3.82. The van der Waals surface area contributed by atoms with E-state index in [9.17, 15) is 10.1 Å². The maximum Gasteiger partial charge on any atom is 0.241 e. The summed E-state index contributed by atoms with van der Waals surface area (Å²) in [4.78, 5) is 14.4. The first-order valence-electron chi connectivity index (χ1n) is 7.11. The number of nitrogens with one attached hydrogen (secondary N) is 1. The van der Waals surface area contributed by atoms with E-state index in [2.05, 4.69) is 23.3 Å². The van der Waals surface area contributed by atoms with E-state index < -0.39 is 5.92 Å². The maximum atomic E-state index is 12.1. The molecule has 1 aliphatic heterocycles. The lowest BCUT2D eigenvalue weighted by molar-refractivity contribution is -0.121. The molecule has 1 aromatic rings. The molecule has 0 aliphatic carbocycles. The van der Waals surface area contributed by atoms with Crippen molar-refractivity contribution in [2.75, 3.05) is 26.7 Å². The van der Waals surface area contributed by atoms with Gasteiger partial charge in [0, 0.05) is 6.54 Å². The zero-order valence-corrected chi connectivity index (χ0v) is 11.9. The number of likely N-dealkylation sites (tertiary alicyclic amines) is 1. The van der Waals surface area contributed by atoms with Crippen LogP contribution in [0.25, 0.3) is 0 Å². The predicted octanol–water partition coefficient (Wildman–Crippen LogP) is 1.75. The van der Waals surface area contributed by atoms with Crippen LogP contribution in [0.2, 0.25) is 0 Å². The van der Waals surface area contributed by atoms with Crippen LogP contribution in [-0.2, 0) is 4.79 Å². The number of amides is 1. The number of piperidine rings is 1. The van der Waals surface area contributed by atoms with Crippen LogP contribution in [-0.4, -0.2) is 37.5 Å². The zero-order chi connectivity index (χ0) is 14.4. The van der Waals surface area contributed by atoms with Gasteiger partial charge in [-0.25, -0.2) is 0 Å². The van der Waals surface area contributed by atoms with E-state index in [-0.39, 0.29) is 5.91 Å². The van der Waals surface area contributed by atoms with E-state index in [1.807, 2.05) is 30.3 Å². The van der Waals surface area contributed by atoms with Crippen molar-refractivity contribution in [2.45, 2.75) is 18.8 Å². The summed E-state index contributed by atoms with van der Waals surface area (Å²) in [5.74, 6) is -0.356. The van der Waals surface area contributed by atoms with Gasteiger partial charge in [-0.2, -0.15) is 5.26 Å². The quantitative estimate of drug-likeness (QED) is 0.907. The van der Waals surface area contributed by atoms with Gasteiger partial charge < -0.3 is 10.2 Å². The van der Waals surface area contributed by atoms with Crippen molar-refractivity contribution in [2.24, 2.45) is 5.92 Å². The normalized spacial score (nSPS) is 18.2. The summed E-state index contributed by atoms with van der Waals surface area (Å²) in [6, 6.07) is 11.3. The van der Waals surface area contributed by atoms with E-state index in [0.717, 1.165) is 31.5 Å². The topological polar surface area (TPSA) is 56.1 Å². The minimum atomic E-state index is -0.706. The lowest BCUT2D eigenvalue weighted by atomic mass is 9.96. The molecule has 0 bridgehead atoms. The molecule has 1 aliphatic rings. The summed E-state index contributed by atoms with van der Waals surface area (Å²) < 4.78 is 0. The summed E-state index contributed by atoms with van der Waals surface area (Å²) in [6.45, 7) is 2.85. The Bertz CT molecular complexity index is 472. The number of hydrogen-bond acceptors (Lipinski definition) is 3. The van der Waals surface area contributed by atoms with E-state index in [0.29, 0.717) is 12.5 Å². The van der Waals surface area contributed by atoms with Crippen LogP contribution >= 0.6 is 0 Å². The Kier molecular flexibility index (Phi) is 5.14. The van der Waals surface area contributed by atoms with Crippen molar-refractivity contribution in [3.8, 4) is 6.07 Å². The number of carbonyl (C=O) groups is 1. The Morgan fingerprint density at radius 1 is 1.40 bits per heavy atom. The van der Waals surface area contributed by atoms with Crippen molar-refractivity contribution in [3.63, 3.8) is 0 Å². The predicted molar refractivity (Wildman–Crippen MR) is 78.0 cm³/mol. The van der Waals surface area contributed by atoms with Gasteiger partial charge >= 0.3 is 0 Å². The summed E-state index contributed by atoms with van der Waals surface area (Å²) in [5, 5.41) is 12.1. The zero-order valence-electron chi connectivity index (χ0n) is 11.9. The Morgan fingerprint density at radius 3 is 2.65 bits per heavy atom. The van der Waals surface area contributed by atoms with Crippen LogP contribution in [0.3, 0.4) is 0 Å². The van der Waals surface area contributed by atoms with E-state index >= 15 is 0 Å². The van der Waals surface area contributed by atoms with Crippen LogP contribution in [0.4, 0.5) is 0 Å². The van der Waals surface area contributed by atoms with Crippen molar-refractivity contribution in [1.29, 1.82) is 5.26 Å². The molecule has 20 heavy (non-hydrogen) atoms. The highest BCUT2D eigenvalue weighted by atomic mass is 16.1. The molecule has 4 nitrogen and oxygen atoms in total. The van der Waals surface area contributed by atoms with Crippen molar-refractivity contribution >= 4 is 5.91 Å². The highest BCUT2D eigenvalue weighted by Crippen LogP contribution is 2.17. The van der Waals surface area contributed by atoms with Crippen LogP contribution in [0.15, 0.2) is 30.3 Å². The fourth-order valence-corrected chi connectivity index (χ4v) is 2.54. The van der Waals surface area contributed by atoms with Crippen LogP contribution in [0.5, 0.6) is 0 Å². The molecule has 1 unspecified atom stereocenters. The average molecular weight is 271 g/mol. The highest BCUT2D eigenvalue weighted by Gasteiger charge is 2.22. The number of nitriles is 1. The van der Waals surface area contributed by atoms with E-state index in [4.69, 9.17) is 0 Å². The molecule has 0 saturated carbocycles. The molecular weight excluding hydrogens is 250 g/mol. The van der Waals surface area contributed by atoms with Crippen molar-refractivity contribution in [3.05, 3.63) is 35.9 Å². The first kappa shape index (κ1) is 14.5. The van der Waals surface area contributed by atoms with Crippen molar-refractivity contribution < 1.29 is 4.79 Å². The van der Waals surface area contributed by atoms with E-state index in [1.165, 1.54) is 0 Å². The van der Waals surface area contributed by atoms with Gasteiger partial charge in [-0.05, 0) is 44.5 Å². The Balaban J connectivity index is 1.86. The minimum Gasteiger partial charge on any atom is -0.354 e. The third-order valence-corrected chi connectivity index (χ3v) is 3.93. The molecule has 0 aromatic heterocycles. The molecule has 1 fully saturated rings. The van der Waals surface area contributed by atoms with Crippen LogP contribution in [0.1, 0.15) is 24.3 Å². The Labute approximate surface area is 120 Å². The SMILES string of the molecule is CN1CCC(CNC(=O)C(C#N)c2ccccc2)CC1. The van der Waals surface area contributed by atoms with Crippen LogP contribution < -0.4 is 5.32 Å². The van der Waals surface area contributed by atoms with Gasteiger partial charge in [-0.1, -0.05) is 30.3 Å². The molecule has 1 aromatic carbocycles. The largest absolute Gasteiger partial charge is 0.354 e. The molecule has 1 heterocycles. The van der Waals surface area contributed by atoms with Gasteiger partial charge in [0.2, 0.25) is 5.91 Å². The molecular formula is C16H21N3O. The van der Waals surface area contributed by atoms with Gasteiger partial charge in [-0.15, -0.1) is 0 Å². The third-order valence-electron chi connectivity index (χ3n) is 3.93. The number of rotatable bonds is 4. The molecule has 1 N–H and O–H groups in total. The second-order valence-corrected chi connectivity index (χ2v) is 5.46. The van der Waals surface area contributed by atoms with Gasteiger partial charge in [0.25, 0.3) is 0 Å². The van der Waals surface area contributed by atoms with Gasteiger partial charge in [0.15, 0.2) is 0 Å². The number of nitrogens with zero attached hydrogens (tertiary/aromatic N) is 2. The molecule has 106 valence electrons. The second-order valence-electron chi connectivity index (χ2n) is 5.46. The standard InChI is InChI=1S/C16H21N3O/c1-19-9-7-13(8-10-19)12-18-16(20)15(11-17)14-5-3-2-4-6-14/h2-6,13,15H,7-10,12H2,1H3,(H,18,20). The summed E-state index contributed by atoms with van der Waals surface area (Å²) in [6.07, 6.45) is 2.22. The van der Waals surface area contributed by atoms with Gasteiger partial charge in [0.1, 0.15) is 5.92 Å². The van der Waals surface area contributed by atoms with E-state index in [1.54, 1.807) is 0 Å². The second kappa shape index (κ2) is 7.06. The summed E-state index contributed by atoms with van der Waals surface area (Å²) in [7, 11) is 2.12. The number of carbonyl (C=O) groups excluding carboxylic acids is 1. The van der Waals surface area contributed by atoms with Gasteiger partial charge in [-0.3, -0.25) is 4.79 Å². The first-order chi connectivity index (χ1) is 9.70. The minimum absolute atomic E-state index is 0.183. The van der Waals surface area contributed by atoms with Crippen LogP contribution in [0, 0.1) is 17.2 Å². The summed E-state index contributed by atoms with van der Waals surface area (Å²) in [5.41, 5.74) is 0.760. The summed E-state index contributed by atoms with van der Waals surface area (Å²) >= 11 is 0. The Hall–Kier alpha value is -1.86. The molecule has 0 radical (unpaired) electrons. The average Bonchev–Trinajstić information content (AvgIpc) is 2.48. The lowest BCUT2D eigenvalue weighted by Gasteiger charge is -2.29. The van der Waals surface area contributed by atoms with Crippen molar-refractivity contribution in [1.82, 2.24) is 10.2 Å². The molecule has 4 heteroatoms.